The van der Waals surface area contributed by atoms with Crippen LogP contribution in [0.3, 0.4) is 0 Å². The molecule has 0 aliphatic heterocycles. The van der Waals surface area contributed by atoms with E-state index < -0.39 is 5.97 Å². The van der Waals surface area contributed by atoms with E-state index in [0.29, 0.717) is 5.76 Å². The molecule has 5 nitrogen and oxygen atoms in total. The first-order valence-electron chi connectivity index (χ1n) is 5.44. The van der Waals surface area contributed by atoms with Gasteiger partial charge in [-0.3, -0.25) is 4.79 Å². The zero-order valence-electron chi connectivity index (χ0n) is 10.2. The Balaban J connectivity index is 2.21. The molecule has 2 rings (SSSR count). The zero-order chi connectivity index (χ0) is 13.1. The van der Waals surface area contributed by atoms with Gasteiger partial charge in [-0.1, -0.05) is 0 Å². The van der Waals surface area contributed by atoms with Crippen LogP contribution in [0.5, 0.6) is 0 Å². The third kappa shape index (κ3) is 2.51. The molecule has 94 valence electrons. The largest absolute Gasteiger partial charge is 0.463 e. The molecule has 0 unspecified atom stereocenters. The lowest BCUT2D eigenvalue weighted by atomic mass is 10.3. The van der Waals surface area contributed by atoms with Gasteiger partial charge in [0.05, 0.1) is 13.7 Å². The van der Waals surface area contributed by atoms with Gasteiger partial charge < -0.3 is 13.7 Å². The Kier molecular flexibility index (Phi) is 3.32. The summed E-state index contributed by atoms with van der Waals surface area (Å²) >= 11 is 0. The van der Waals surface area contributed by atoms with E-state index in [9.17, 15) is 9.59 Å². The van der Waals surface area contributed by atoms with Crippen LogP contribution in [0.4, 0.5) is 0 Å². The summed E-state index contributed by atoms with van der Waals surface area (Å²) in [6, 6.07) is 6.56. The van der Waals surface area contributed by atoms with E-state index in [1.54, 1.807) is 18.3 Å². The Hall–Kier alpha value is -2.30. The SMILES string of the molecule is COC(=O)c1ccc(Cn2ccc(C)cc2=O)o1. The molecule has 0 atom stereocenters. The smallest absolute Gasteiger partial charge is 0.373 e. The fraction of sp³-hybridized carbons (Fsp3) is 0.231. The molecule has 18 heavy (non-hydrogen) atoms. The maximum Gasteiger partial charge on any atom is 0.373 e. The number of methoxy groups -OCH3 is 1. The van der Waals surface area contributed by atoms with Crippen molar-refractivity contribution in [1.29, 1.82) is 0 Å². The second-order valence-electron chi connectivity index (χ2n) is 3.93. The fourth-order valence-corrected chi connectivity index (χ4v) is 1.58. The van der Waals surface area contributed by atoms with Crippen LogP contribution in [0, 0.1) is 6.92 Å². The predicted molar refractivity (Wildman–Crippen MR) is 64.6 cm³/mol. The molecule has 0 saturated heterocycles. The molecule has 0 spiro atoms. The van der Waals surface area contributed by atoms with Gasteiger partial charge in [0, 0.05) is 12.3 Å². The molecule has 0 bridgehead atoms. The molecule has 2 heterocycles. The van der Waals surface area contributed by atoms with E-state index in [1.807, 2.05) is 13.0 Å². The molecule has 0 fully saturated rings. The summed E-state index contributed by atoms with van der Waals surface area (Å²) in [7, 11) is 1.29. The molecular weight excluding hydrogens is 234 g/mol. The number of nitrogens with zero attached hydrogens (tertiary/aromatic N) is 1. The third-order valence-corrected chi connectivity index (χ3v) is 2.53. The highest BCUT2D eigenvalue weighted by Gasteiger charge is 2.11. The Morgan fingerprint density at radius 1 is 1.39 bits per heavy atom. The zero-order valence-corrected chi connectivity index (χ0v) is 10.2. The van der Waals surface area contributed by atoms with Crippen LogP contribution in [-0.4, -0.2) is 17.6 Å². The summed E-state index contributed by atoms with van der Waals surface area (Å²) in [6.45, 7) is 2.14. The van der Waals surface area contributed by atoms with Crippen molar-refractivity contribution in [3.8, 4) is 0 Å². The number of carbonyl (C=O) groups excluding carboxylic acids is 1. The van der Waals surface area contributed by atoms with E-state index in [2.05, 4.69) is 4.74 Å². The fourth-order valence-electron chi connectivity index (χ4n) is 1.58. The molecule has 2 aromatic heterocycles. The number of carbonyl (C=O) groups is 1. The van der Waals surface area contributed by atoms with E-state index in [1.165, 1.54) is 17.7 Å². The first kappa shape index (κ1) is 12.2. The van der Waals surface area contributed by atoms with Crippen LogP contribution >= 0.6 is 0 Å². The highest BCUT2D eigenvalue weighted by Crippen LogP contribution is 2.10. The van der Waals surface area contributed by atoms with Gasteiger partial charge in [-0.2, -0.15) is 0 Å². The number of aryl methyl sites for hydroxylation is 1. The van der Waals surface area contributed by atoms with Gasteiger partial charge in [-0.15, -0.1) is 0 Å². The Morgan fingerprint density at radius 2 is 2.17 bits per heavy atom. The molecule has 0 radical (unpaired) electrons. The first-order valence-corrected chi connectivity index (χ1v) is 5.44. The number of hydrogen-bond acceptors (Lipinski definition) is 4. The van der Waals surface area contributed by atoms with Crippen LogP contribution in [0.1, 0.15) is 21.9 Å². The minimum absolute atomic E-state index is 0.106. The van der Waals surface area contributed by atoms with E-state index in [0.717, 1.165) is 5.56 Å². The summed E-state index contributed by atoms with van der Waals surface area (Å²) in [6.07, 6.45) is 1.69. The molecule has 0 aromatic carbocycles. The van der Waals surface area contributed by atoms with Crippen LogP contribution in [-0.2, 0) is 11.3 Å². The Labute approximate surface area is 104 Å². The van der Waals surface area contributed by atoms with Crippen LogP contribution < -0.4 is 5.56 Å². The third-order valence-electron chi connectivity index (χ3n) is 2.53. The Morgan fingerprint density at radius 3 is 2.83 bits per heavy atom. The molecule has 0 aliphatic rings. The van der Waals surface area contributed by atoms with E-state index in [-0.39, 0.29) is 17.9 Å². The van der Waals surface area contributed by atoms with Crippen LogP contribution in [0.15, 0.2) is 39.7 Å². The quantitative estimate of drug-likeness (QED) is 0.773. The lowest BCUT2D eigenvalue weighted by molar-refractivity contribution is 0.0563. The lowest BCUT2D eigenvalue weighted by Gasteiger charge is -2.03. The molecule has 5 heteroatoms. The number of furan rings is 1. The summed E-state index contributed by atoms with van der Waals surface area (Å²) in [5.74, 6) is 0.131. The second-order valence-corrected chi connectivity index (χ2v) is 3.93. The van der Waals surface area contributed by atoms with Crippen molar-refractivity contribution in [2.75, 3.05) is 7.11 Å². The van der Waals surface area contributed by atoms with Gasteiger partial charge in [0.1, 0.15) is 5.76 Å². The average molecular weight is 247 g/mol. The number of rotatable bonds is 3. The molecule has 0 N–H and O–H groups in total. The maximum absolute atomic E-state index is 11.7. The maximum atomic E-state index is 11.7. The molecule has 0 saturated carbocycles. The van der Waals surface area contributed by atoms with Crippen molar-refractivity contribution in [1.82, 2.24) is 4.57 Å². The standard InChI is InChI=1S/C13H13NO4/c1-9-5-6-14(12(15)7-9)8-10-3-4-11(18-10)13(16)17-2/h3-7H,8H2,1-2H3. The van der Waals surface area contributed by atoms with Crippen molar-refractivity contribution < 1.29 is 13.9 Å². The van der Waals surface area contributed by atoms with E-state index >= 15 is 0 Å². The minimum atomic E-state index is -0.530. The summed E-state index contributed by atoms with van der Waals surface area (Å²) in [5, 5.41) is 0. The van der Waals surface area contributed by atoms with Gasteiger partial charge in [0.2, 0.25) is 5.76 Å². The summed E-state index contributed by atoms with van der Waals surface area (Å²) in [5.41, 5.74) is 0.803. The summed E-state index contributed by atoms with van der Waals surface area (Å²) in [4.78, 5) is 22.9. The average Bonchev–Trinajstić information content (AvgIpc) is 2.80. The van der Waals surface area contributed by atoms with Crippen molar-refractivity contribution in [2.45, 2.75) is 13.5 Å². The Bertz CT molecular complexity index is 624. The lowest BCUT2D eigenvalue weighted by Crippen LogP contribution is -2.18. The number of pyridine rings is 1. The van der Waals surface area contributed by atoms with Gasteiger partial charge in [-0.25, -0.2) is 4.79 Å². The van der Waals surface area contributed by atoms with Crippen molar-refractivity contribution >= 4 is 5.97 Å². The van der Waals surface area contributed by atoms with Crippen molar-refractivity contribution in [2.24, 2.45) is 0 Å². The van der Waals surface area contributed by atoms with Crippen LogP contribution in [0.25, 0.3) is 0 Å². The number of ether oxygens (including phenoxy) is 1. The normalized spacial score (nSPS) is 10.3. The minimum Gasteiger partial charge on any atom is -0.463 e. The molecule has 0 aliphatic carbocycles. The highest BCUT2D eigenvalue weighted by atomic mass is 16.5. The van der Waals surface area contributed by atoms with Gasteiger partial charge >= 0.3 is 5.97 Å². The molecule has 0 amide bonds. The topological polar surface area (TPSA) is 61.4 Å². The first-order chi connectivity index (χ1) is 8.60. The van der Waals surface area contributed by atoms with Crippen molar-refractivity contribution in [3.05, 3.63) is 57.9 Å². The second kappa shape index (κ2) is 4.91. The van der Waals surface area contributed by atoms with E-state index in [4.69, 9.17) is 4.42 Å². The van der Waals surface area contributed by atoms with Gasteiger partial charge in [0.25, 0.3) is 5.56 Å². The monoisotopic (exact) mass is 247 g/mol. The predicted octanol–water partition coefficient (Wildman–Crippen LogP) is 1.58. The number of esters is 1. The highest BCUT2D eigenvalue weighted by molar-refractivity contribution is 5.86. The molecular formula is C13H13NO4. The van der Waals surface area contributed by atoms with Crippen LogP contribution in [0.2, 0.25) is 0 Å². The van der Waals surface area contributed by atoms with Gasteiger partial charge in [0.15, 0.2) is 0 Å². The summed E-state index contributed by atoms with van der Waals surface area (Å²) < 4.78 is 11.3. The molecule has 2 aromatic rings. The number of hydrogen-bond donors (Lipinski definition) is 0. The van der Waals surface area contributed by atoms with Gasteiger partial charge in [-0.05, 0) is 30.7 Å². The van der Waals surface area contributed by atoms with Crippen molar-refractivity contribution in [3.63, 3.8) is 0 Å². The number of aromatic nitrogens is 1.